The minimum Gasteiger partial charge on any atom is -0.392 e. The van der Waals surface area contributed by atoms with Gasteiger partial charge >= 0.3 is 0 Å². The number of hydrogen-bond donors (Lipinski definition) is 3. The highest BCUT2D eigenvalue weighted by Crippen LogP contribution is 2.19. The molecule has 23 heavy (non-hydrogen) atoms. The summed E-state index contributed by atoms with van der Waals surface area (Å²) < 4.78 is 12.9. The number of aromatic amines is 1. The fourth-order valence-electron chi connectivity index (χ4n) is 2.07. The maximum absolute atomic E-state index is 12.9. The second-order valence-electron chi connectivity index (χ2n) is 4.82. The van der Waals surface area contributed by atoms with E-state index in [-0.39, 0.29) is 18.1 Å². The number of benzene rings is 1. The van der Waals surface area contributed by atoms with E-state index in [4.69, 9.17) is 0 Å². The van der Waals surface area contributed by atoms with Crippen molar-refractivity contribution in [3.05, 3.63) is 65.9 Å². The minimum atomic E-state index is -0.409. The maximum Gasteiger partial charge on any atom is 0.273 e. The first-order valence-corrected chi connectivity index (χ1v) is 6.84. The fourth-order valence-corrected chi connectivity index (χ4v) is 2.07. The van der Waals surface area contributed by atoms with E-state index in [9.17, 15) is 14.3 Å². The number of nitrogens with zero attached hydrogens (tertiary/aromatic N) is 2. The summed E-state index contributed by atoms with van der Waals surface area (Å²) in [5, 5.41) is 18.6. The lowest BCUT2D eigenvalue weighted by atomic mass is 10.1. The second kappa shape index (κ2) is 6.37. The van der Waals surface area contributed by atoms with Gasteiger partial charge in [0.15, 0.2) is 0 Å². The van der Waals surface area contributed by atoms with Crippen molar-refractivity contribution < 1.29 is 14.3 Å². The third kappa shape index (κ3) is 3.24. The third-order valence-electron chi connectivity index (χ3n) is 3.29. The van der Waals surface area contributed by atoms with E-state index in [1.807, 2.05) is 0 Å². The number of amides is 1. The van der Waals surface area contributed by atoms with Gasteiger partial charge in [-0.25, -0.2) is 4.39 Å². The van der Waals surface area contributed by atoms with Crippen LogP contribution < -0.4 is 5.32 Å². The quantitative estimate of drug-likeness (QED) is 0.689. The van der Waals surface area contributed by atoms with Gasteiger partial charge in [0.25, 0.3) is 5.91 Å². The molecule has 3 aromatic rings. The summed E-state index contributed by atoms with van der Waals surface area (Å²) in [4.78, 5) is 16.1. The lowest BCUT2D eigenvalue weighted by Gasteiger charge is -2.07. The van der Waals surface area contributed by atoms with Crippen LogP contribution in [0.1, 0.15) is 16.1 Å². The van der Waals surface area contributed by atoms with Crippen LogP contribution in [0.3, 0.4) is 0 Å². The molecule has 0 aliphatic carbocycles. The van der Waals surface area contributed by atoms with E-state index in [0.717, 1.165) is 0 Å². The van der Waals surface area contributed by atoms with Gasteiger partial charge in [-0.3, -0.25) is 14.9 Å². The first kappa shape index (κ1) is 14.9. The number of aliphatic hydroxyl groups is 1. The molecule has 6 nitrogen and oxygen atoms in total. The molecule has 1 amide bonds. The highest BCUT2D eigenvalue weighted by Gasteiger charge is 2.13. The smallest absolute Gasteiger partial charge is 0.273 e. The largest absolute Gasteiger partial charge is 0.392 e. The molecule has 3 rings (SSSR count). The predicted octanol–water partition coefficient (Wildman–Crippen LogP) is 2.36. The van der Waals surface area contributed by atoms with E-state index < -0.39 is 5.91 Å². The summed E-state index contributed by atoms with van der Waals surface area (Å²) in [5.74, 6) is -0.746. The van der Waals surface area contributed by atoms with Crippen molar-refractivity contribution in [2.45, 2.75) is 6.61 Å². The monoisotopic (exact) mass is 312 g/mol. The molecule has 0 atom stereocenters. The molecule has 2 aromatic heterocycles. The van der Waals surface area contributed by atoms with Crippen LogP contribution in [0.2, 0.25) is 0 Å². The molecule has 0 saturated carbocycles. The summed E-state index contributed by atoms with van der Waals surface area (Å²) in [5.41, 5.74) is 2.46. The normalized spacial score (nSPS) is 10.5. The Morgan fingerprint density at radius 3 is 2.78 bits per heavy atom. The van der Waals surface area contributed by atoms with Gasteiger partial charge in [0, 0.05) is 17.3 Å². The molecule has 0 aliphatic rings. The first-order chi connectivity index (χ1) is 11.2. The van der Waals surface area contributed by atoms with Crippen molar-refractivity contribution in [1.82, 2.24) is 15.2 Å². The number of H-pyrrole nitrogens is 1. The van der Waals surface area contributed by atoms with E-state index in [2.05, 4.69) is 20.5 Å². The number of aliphatic hydroxyl groups excluding tert-OH is 1. The molecule has 0 bridgehead atoms. The van der Waals surface area contributed by atoms with Crippen LogP contribution in [0, 0.1) is 5.82 Å². The highest BCUT2D eigenvalue weighted by molar-refractivity contribution is 6.03. The molecular weight excluding hydrogens is 299 g/mol. The standard InChI is InChI=1S/C16H13FN4O2/c17-12-3-1-10(2-4-12)13-7-14(21-20-13)16(23)19-15-8-18-6-5-11(15)9-22/h1-8,22H,9H2,(H,19,23)(H,20,21). The SMILES string of the molecule is O=C(Nc1cnccc1CO)c1cc(-c2ccc(F)cc2)n[nH]1. The number of hydrogen-bond acceptors (Lipinski definition) is 4. The van der Waals surface area contributed by atoms with Gasteiger partial charge < -0.3 is 10.4 Å². The summed E-state index contributed by atoms with van der Waals surface area (Å²) in [7, 11) is 0. The Kier molecular flexibility index (Phi) is 4.11. The van der Waals surface area contributed by atoms with E-state index >= 15 is 0 Å². The lowest BCUT2D eigenvalue weighted by molar-refractivity contribution is 0.102. The Hall–Kier alpha value is -3.06. The molecule has 3 N–H and O–H groups in total. The van der Waals surface area contributed by atoms with Gasteiger partial charge in [0.05, 0.1) is 24.2 Å². The molecule has 2 heterocycles. The van der Waals surface area contributed by atoms with Gasteiger partial charge in [-0.2, -0.15) is 5.10 Å². The van der Waals surface area contributed by atoms with Crippen molar-refractivity contribution in [1.29, 1.82) is 0 Å². The molecule has 0 unspecified atom stereocenters. The van der Waals surface area contributed by atoms with Crippen molar-refractivity contribution in [2.75, 3.05) is 5.32 Å². The summed E-state index contributed by atoms with van der Waals surface area (Å²) in [6, 6.07) is 9.00. The Labute approximate surface area is 131 Å². The van der Waals surface area contributed by atoms with E-state index in [1.54, 1.807) is 24.3 Å². The Morgan fingerprint density at radius 2 is 2.04 bits per heavy atom. The number of nitrogens with one attached hydrogen (secondary N) is 2. The Balaban J connectivity index is 1.80. The van der Waals surface area contributed by atoms with Crippen LogP contribution in [0.15, 0.2) is 48.8 Å². The summed E-state index contributed by atoms with van der Waals surface area (Å²) in [6.45, 7) is -0.206. The Bertz CT molecular complexity index is 830. The van der Waals surface area contributed by atoms with Crippen molar-refractivity contribution in [2.24, 2.45) is 0 Å². The van der Waals surface area contributed by atoms with Crippen LogP contribution in [0.25, 0.3) is 11.3 Å². The molecule has 0 fully saturated rings. The number of anilines is 1. The molecule has 0 aliphatic heterocycles. The fraction of sp³-hybridized carbons (Fsp3) is 0.0625. The molecule has 116 valence electrons. The first-order valence-electron chi connectivity index (χ1n) is 6.84. The van der Waals surface area contributed by atoms with Gasteiger partial charge in [0.2, 0.25) is 0 Å². The van der Waals surface area contributed by atoms with Crippen LogP contribution in [0.5, 0.6) is 0 Å². The van der Waals surface area contributed by atoms with Crippen molar-refractivity contribution in [3.8, 4) is 11.3 Å². The zero-order valence-electron chi connectivity index (χ0n) is 12.0. The van der Waals surface area contributed by atoms with Crippen LogP contribution in [-0.2, 0) is 6.61 Å². The number of rotatable bonds is 4. The van der Waals surface area contributed by atoms with Gasteiger partial charge in [0.1, 0.15) is 11.5 Å². The molecule has 0 saturated heterocycles. The number of carbonyl (C=O) groups excluding carboxylic acids is 1. The third-order valence-corrected chi connectivity index (χ3v) is 3.29. The van der Waals surface area contributed by atoms with E-state index in [0.29, 0.717) is 22.5 Å². The summed E-state index contributed by atoms with van der Waals surface area (Å²) in [6.07, 6.45) is 2.99. The van der Waals surface area contributed by atoms with Gasteiger partial charge in [-0.1, -0.05) is 0 Å². The molecule has 7 heteroatoms. The number of pyridine rings is 1. The minimum absolute atomic E-state index is 0.206. The van der Waals surface area contributed by atoms with Crippen molar-refractivity contribution in [3.63, 3.8) is 0 Å². The number of carbonyl (C=O) groups is 1. The lowest BCUT2D eigenvalue weighted by Crippen LogP contribution is -2.14. The molecule has 0 spiro atoms. The zero-order valence-corrected chi connectivity index (χ0v) is 12.0. The topological polar surface area (TPSA) is 90.9 Å². The summed E-state index contributed by atoms with van der Waals surface area (Å²) >= 11 is 0. The zero-order chi connectivity index (χ0) is 16.2. The molecule has 0 radical (unpaired) electrons. The predicted molar refractivity (Wildman–Crippen MR) is 82.1 cm³/mol. The Morgan fingerprint density at radius 1 is 1.26 bits per heavy atom. The molecule has 1 aromatic carbocycles. The highest BCUT2D eigenvalue weighted by atomic mass is 19.1. The van der Waals surface area contributed by atoms with Crippen LogP contribution in [0.4, 0.5) is 10.1 Å². The van der Waals surface area contributed by atoms with E-state index in [1.165, 1.54) is 24.5 Å². The maximum atomic E-state index is 12.9. The van der Waals surface area contributed by atoms with Crippen LogP contribution >= 0.6 is 0 Å². The average molecular weight is 312 g/mol. The molecular formula is C16H13FN4O2. The van der Waals surface area contributed by atoms with Crippen LogP contribution in [-0.4, -0.2) is 26.2 Å². The second-order valence-corrected chi connectivity index (χ2v) is 4.82. The number of halogens is 1. The van der Waals surface area contributed by atoms with Gasteiger partial charge in [-0.05, 0) is 36.4 Å². The average Bonchev–Trinajstić information content (AvgIpc) is 3.06. The van der Waals surface area contributed by atoms with Gasteiger partial charge in [-0.15, -0.1) is 0 Å². The van der Waals surface area contributed by atoms with Crippen molar-refractivity contribution >= 4 is 11.6 Å². The number of aromatic nitrogens is 3.